The number of hydrogen-bond acceptors (Lipinski definition) is 2. The monoisotopic (exact) mass is 316 g/mol. The Morgan fingerprint density at radius 2 is 1.83 bits per heavy atom. The zero-order chi connectivity index (χ0) is 15.8. The Morgan fingerprint density at radius 1 is 1.04 bits per heavy atom. The van der Waals surface area contributed by atoms with Gasteiger partial charge >= 0.3 is 0 Å². The second-order valence-corrected chi connectivity index (χ2v) is 7.57. The van der Waals surface area contributed by atoms with Gasteiger partial charge in [-0.15, -0.1) is 0 Å². The molecule has 4 heteroatoms. The first-order valence-electron chi connectivity index (χ1n) is 8.98. The Hall–Kier alpha value is -1.42. The molecule has 1 saturated carbocycles. The first-order valence-corrected chi connectivity index (χ1v) is 8.98. The van der Waals surface area contributed by atoms with E-state index in [9.17, 15) is 9.18 Å². The molecule has 2 atom stereocenters. The molecule has 4 aliphatic rings. The minimum atomic E-state index is -0.288. The zero-order valence-electron chi connectivity index (χ0n) is 13.6. The molecular formula is C19H25FN2O. The molecule has 4 fully saturated rings. The van der Waals surface area contributed by atoms with Gasteiger partial charge in [-0.2, -0.15) is 0 Å². The van der Waals surface area contributed by atoms with E-state index in [-0.39, 0.29) is 11.7 Å². The molecule has 1 aromatic rings. The van der Waals surface area contributed by atoms with Crippen LogP contribution in [0.3, 0.4) is 0 Å². The summed E-state index contributed by atoms with van der Waals surface area (Å²) in [6.07, 6.45) is 6.60. The number of rotatable bonds is 3. The van der Waals surface area contributed by atoms with Crippen molar-refractivity contribution in [3.05, 3.63) is 35.6 Å². The quantitative estimate of drug-likeness (QED) is 0.855. The van der Waals surface area contributed by atoms with Gasteiger partial charge in [-0.3, -0.25) is 9.69 Å². The lowest BCUT2D eigenvalue weighted by atomic mass is 9.83. The molecule has 5 rings (SSSR count). The molecule has 0 radical (unpaired) electrons. The van der Waals surface area contributed by atoms with Crippen molar-refractivity contribution in [2.45, 2.75) is 38.1 Å². The lowest BCUT2D eigenvalue weighted by molar-refractivity contribution is 0.0717. The van der Waals surface area contributed by atoms with Crippen molar-refractivity contribution in [2.75, 3.05) is 26.2 Å². The van der Waals surface area contributed by atoms with Crippen LogP contribution >= 0.6 is 0 Å². The van der Waals surface area contributed by atoms with Crippen molar-refractivity contribution in [3.8, 4) is 0 Å². The third kappa shape index (κ3) is 3.14. The highest BCUT2D eigenvalue weighted by Crippen LogP contribution is 2.33. The van der Waals surface area contributed by atoms with E-state index in [1.54, 1.807) is 12.1 Å². The summed E-state index contributed by atoms with van der Waals surface area (Å²) in [5.74, 6) is 1.25. The van der Waals surface area contributed by atoms with E-state index < -0.39 is 0 Å². The van der Waals surface area contributed by atoms with Gasteiger partial charge in [-0.1, -0.05) is 6.42 Å². The Balaban J connectivity index is 1.46. The van der Waals surface area contributed by atoms with Crippen molar-refractivity contribution in [1.82, 2.24) is 9.80 Å². The van der Waals surface area contributed by atoms with Crippen LogP contribution in [0.25, 0.3) is 0 Å². The van der Waals surface area contributed by atoms with E-state index in [1.807, 2.05) is 4.90 Å². The summed E-state index contributed by atoms with van der Waals surface area (Å²) >= 11 is 0. The smallest absolute Gasteiger partial charge is 0.253 e. The first kappa shape index (κ1) is 15.1. The van der Waals surface area contributed by atoms with Gasteiger partial charge in [0.15, 0.2) is 0 Å². The molecule has 1 amide bonds. The van der Waals surface area contributed by atoms with Gasteiger partial charge in [0.05, 0.1) is 0 Å². The largest absolute Gasteiger partial charge is 0.337 e. The molecule has 2 bridgehead atoms. The van der Waals surface area contributed by atoms with Crippen LogP contribution < -0.4 is 0 Å². The minimum Gasteiger partial charge on any atom is -0.337 e. The highest BCUT2D eigenvalue weighted by molar-refractivity contribution is 5.94. The number of halogens is 1. The van der Waals surface area contributed by atoms with E-state index in [4.69, 9.17) is 0 Å². The van der Waals surface area contributed by atoms with Gasteiger partial charge < -0.3 is 4.90 Å². The van der Waals surface area contributed by atoms with Gasteiger partial charge in [0, 0.05) is 37.8 Å². The van der Waals surface area contributed by atoms with Gasteiger partial charge in [-0.05, 0) is 61.8 Å². The molecule has 3 heterocycles. The second-order valence-electron chi connectivity index (χ2n) is 7.57. The van der Waals surface area contributed by atoms with E-state index in [1.165, 1.54) is 50.8 Å². The van der Waals surface area contributed by atoms with Crippen LogP contribution in [0.4, 0.5) is 4.39 Å². The minimum absolute atomic E-state index is 0.0624. The average Bonchev–Trinajstić information content (AvgIpc) is 2.82. The number of carbonyl (C=O) groups excluding carboxylic acids is 1. The zero-order valence-corrected chi connectivity index (χ0v) is 13.6. The predicted molar refractivity (Wildman–Crippen MR) is 87.7 cm³/mol. The number of nitrogens with zero attached hydrogens (tertiary/aromatic N) is 2. The molecular weight excluding hydrogens is 291 g/mol. The highest BCUT2D eigenvalue weighted by Gasteiger charge is 2.37. The summed E-state index contributed by atoms with van der Waals surface area (Å²) in [6.45, 7) is 4.06. The van der Waals surface area contributed by atoms with Crippen molar-refractivity contribution in [2.24, 2.45) is 11.8 Å². The van der Waals surface area contributed by atoms with Crippen LogP contribution in [0.1, 0.15) is 42.5 Å². The second kappa shape index (κ2) is 6.23. The number of piperidine rings is 1. The molecule has 124 valence electrons. The number of carbonyl (C=O) groups is 1. The molecule has 1 aliphatic carbocycles. The average molecular weight is 316 g/mol. The Morgan fingerprint density at radius 3 is 2.52 bits per heavy atom. The van der Waals surface area contributed by atoms with Crippen molar-refractivity contribution >= 4 is 5.91 Å². The number of hydrogen-bond donors (Lipinski definition) is 0. The summed E-state index contributed by atoms with van der Waals surface area (Å²) in [7, 11) is 0. The van der Waals surface area contributed by atoms with E-state index in [2.05, 4.69) is 4.90 Å². The molecule has 23 heavy (non-hydrogen) atoms. The van der Waals surface area contributed by atoms with Crippen LogP contribution in [0.2, 0.25) is 0 Å². The fourth-order valence-electron chi connectivity index (χ4n) is 4.35. The molecule has 0 unspecified atom stereocenters. The Bertz CT molecular complexity index is 569. The summed E-state index contributed by atoms with van der Waals surface area (Å²) in [5, 5.41) is 0. The standard InChI is InChI=1S/C19H25FN2O/c20-17-7-5-16(6-8-17)19(23)22-12-15-4-9-18(13-22)21(11-15)10-14-2-1-3-14/h5-8,14-15,18H,1-4,9-13H2/t15-,18-/m0/s1. The number of benzene rings is 1. The fourth-order valence-corrected chi connectivity index (χ4v) is 4.35. The molecule has 3 aliphatic heterocycles. The third-order valence-electron chi connectivity index (χ3n) is 5.92. The first-order chi connectivity index (χ1) is 11.2. The van der Waals surface area contributed by atoms with Crippen LogP contribution in [0, 0.1) is 17.7 Å². The fraction of sp³-hybridized carbons (Fsp3) is 0.632. The molecule has 1 aromatic carbocycles. The van der Waals surface area contributed by atoms with E-state index in [0.29, 0.717) is 17.5 Å². The van der Waals surface area contributed by atoms with Crippen LogP contribution in [-0.4, -0.2) is 47.9 Å². The molecule has 0 spiro atoms. The molecule has 0 aromatic heterocycles. The number of amides is 1. The van der Waals surface area contributed by atoms with Crippen LogP contribution in [0.15, 0.2) is 24.3 Å². The van der Waals surface area contributed by atoms with Gasteiger partial charge in [-0.25, -0.2) is 4.39 Å². The van der Waals surface area contributed by atoms with E-state index >= 15 is 0 Å². The van der Waals surface area contributed by atoms with Crippen molar-refractivity contribution < 1.29 is 9.18 Å². The van der Waals surface area contributed by atoms with Gasteiger partial charge in [0.2, 0.25) is 0 Å². The van der Waals surface area contributed by atoms with E-state index in [0.717, 1.165) is 25.6 Å². The normalized spacial score (nSPS) is 28.5. The highest BCUT2D eigenvalue weighted by atomic mass is 19.1. The molecule has 0 N–H and O–H groups in total. The molecule has 3 saturated heterocycles. The lowest BCUT2D eigenvalue weighted by Crippen LogP contribution is -2.47. The van der Waals surface area contributed by atoms with Crippen molar-refractivity contribution in [3.63, 3.8) is 0 Å². The molecule has 3 nitrogen and oxygen atoms in total. The van der Waals surface area contributed by atoms with Crippen molar-refractivity contribution in [1.29, 1.82) is 0 Å². The van der Waals surface area contributed by atoms with Gasteiger partial charge in [0.1, 0.15) is 5.82 Å². The SMILES string of the molecule is O=C(c1ccc(F)cc1)N1C[C@H]2CC[C@@H](C1)N(CC1CCC1)C2. The third-order valence-corrected chi connectivity index (χ3v) is 5.92. The van der Waals surface area contributed by atoms with Crippen LogP contribution in [-0.2, 0) is 0 Å². The van der Waals surface area contributed by atoms with Crippen LogP contribution in [0.5, 0.6) is 0 Å². The summed E-state index contributed by atoms with van der Waals surface area (Å²) < 4.78 is 13.1. The maximum absolute atomic E-state index is 13.1. The number of fused-ring (bicyclic) bond motifs is 4. The lowest BCUT2D eigenvalue weighted by Gasteiger charge is -2.40. The topological polar surface area (TPSA) is 23.6 Å². The Labute approximate surface area is 137 Å². The Kier molecular flexibility index (Phi) is 4.10. The summed E-state index contributed by atoms with van der Waals surface area (Å²) in [4.78, 5) is 17.4. The summed E-state index contributed by atoms with van der Waals surface area (Å²) in [6, 6.07) is 6.48. The maximum Gasteiger partial charge on any atom is 0.253 e. The maximum atomic E-state index is 13.1. The predicted octanol–water partition coefficient (Wildman–Crippen LogP) is 3.16. The summed E-state index contributed by atoms with van der Waals surface area (Å²) in [5.41, 5.74) is 0.609. The van der Waals surface area contributed by atoms with Gasteiger partial charge in [0.25, 0.3) is 5.91 Å².